The highest BCUT2D eigenvalue weighted by molar-refractivity contribution is 5.99. The number of hydrogen-bond acceptors (Lipinski definition) is 4. The summed E-state index contributed by atoms with van der Waals surface area (Å²) in [6, 6.07) is 14.7. The summed E-state index contributed by atoms with van der Waals surface area (Å²) in [5.74, 6) is 0.844. The van der Waals surface area contributed by atoms with E-state index in [1.165, 1.54) is 0 Å². The van der Waals surface area contributed by atoms with Crippen LogP contribution in [0, 0.1) is 0 Å². The number of para-hydroxylation sites is 2. The monoisotopic (exact) mass is 266 g/mol. The number of benzene rings is 2. The highest BCUT2D eigenvalue weighted by Gasteiger charge is 2.01. The van der Waals surface area contributed by atoms with Crippen molar-refractivity contribution in [2.75, 3.05) is 5.43 Å². The van der Waals surface area contributed by atoms with E-state index in [9.17, 15) is 5.11 Å². The second-order valence-corrected chi connectivity index (χ2v) is 4.46. The Morgan fingerprint density at radius 3 is 2.65 bits per heavy atom. The van der Waals surface area contributed by atoms with Crippen molar-refractivity contribution in [2.24, 2.45) is 5.10 Å². The van der Waals surface area contributed by atoms with E-state index in [2.05, 4.69) is 20.5 Å². The van der Waals surface area contributed by atoms with Crippen LogP contribution in [0.1, 0.15) is 12.5 Å². The molecule has 100 valence electrons. The molecular formula is C15H14N4O. The minimum Gasteiger partial charge on any atom is -0.508 e. The summed E-state index contributed by atoms with van der Waals surface area (Å²) in [4.78, 5) is 7.52. The lowest BCUT2D eigenvalue weighted by atomic mass is 10.1. The molecular weight excluding hydrogens is 252 g/mol. The van der Waals surface area contributed by atoms with Crippen molar-refractivity contribution >= 4 is 22.7 Å². The molecule has 0 unspecified atom stereocenters. The fourth-order valence-electron chi connectivity index (χ4n) is 1.91. The molecule has 2 aromatic carbocycles. The summed E-state index contributed by atoms with van der Waals surface area (Å²) in [5, 5.41) is 13.5. The lowest BCUT2D eigenvalue weighted by molar-refractivity contribution is 0.475. The van der Waals surface area contributed by atoms with Crippen molar-refractivity contribution in [1.29, 1.82) is 0 Å². The van der Waals surface area contributed by atoms with Gasteiger partial charge in [-0.2, -0.15) is 5.10 Å². The standard InChI is InChI=1S/C15H14N4O/c1-10(11-6-8-12(20)9-7-11)18-19-15-16-13-4-2-3-5-14(13)17-15/h2-9,20H,1H3,(H2,16,17,19)/b18-10-. The topological polar surface area (TPSA) is 73.3 Å². The van der Waals surface area contributed by atoms with E-state index in [0.717, 1.165) is 22.3 Å². The molecule has 3 aromatic rings. The number of nitrogens with zero attached hydrogens (tertiary/aromatic N) is 2. The lowest BCUT2D eigenvalue weighted by Crippen LogP contribution is -2.00. The van der Waals surface area contributed by atoms with Gasteiger partial charge in [-0.25, -0.2) is 10.4 Å². The number of nitrogens with one attached hydrogen (secondary N) is 2. The van der Waals surface area contributed by atoms with Crippen molar-refractivity contribution in [3.05, 3.63) is 54.1 Å². The van der Waals surface area contributed by atoms with Crippen molar-refractivity contribution in [3.63, 3.8) is 0 Å². The number of aromatic hydroxyl groups is 1. The minimum absolute atomic E-state index is 0.242. The number of imidazole rings is 1. The molecule has 3 rings (SSSR count). The number of H-pyrrole nitrogens is 1. The van der Waals surface area contributed by atoms with Gasteiger partial charge in [0.05, 0.1) is 16.7 Å². The molecule has 0 atom stereocenters. The fraction of sp³-hybridized carbons (Fsp3) is 0.0667. The molecule has 0 aliphatic heterocycles. The van der Waals surface area contributed by atoms with Gasteiger partial charge in [-0.15, -0.1) is 0 Å². The highest BCUT2D eigenvalue weighted by Crippen LogP contribution is 2.14. The molecule has 0 spiro atoms. The molecule has 20 heavy (non-hydrogen) atoms. The maximum Gasteiger partial charge on any atom is 0.222 e. The highest BCUT2D eigenvalue weighted by atomic mass is 16.3. The summed E-state index contributed by atoms with van der Waals surface area (Å²) < 4.78 is 0. The van der Waals surface area contributed by atoms with Crippen LogP contribution < -0.4 is 5.43 Å². The zero-order valence-corrected chi connectivity index (χ0v) is 11.0. The van der Waals surface area contributed by atoms with E-state index in [0.29, 0.717) is 5.95 Å². The number of hydrazone groups is 1. The minimum atomic E-state index is 0.242. The Bertz CT molecular complexity index is 726. The van der Waals surface area contributed by atoms with Crippen LogP contribution in [0.2, 0.25) is 0 Å². The first-order valence-corrected chi connectivity index (χ1v) is 6.27. The van der Waals surface area contributed by atoms with Gasteiger partial charge in [-0.1, -0.05) is 12.1 Å². The van der Waals surface area contributed by atoms with Crippen LogP contribution in [-0.2, 0) is 0 Å². The van der Waals surface area contributed by atoms with Crippen molar-refractivity contribution < 1.29 is 5.11 Å². The van der Waals surface area contributed by atoms with Crippen LogP contribution in [0.3, 0.4) is 0 Å². The molecule has 5 heteroatoms. The van der Waals surface area contributed by atoms with Crippen LogP contribution in [0.25, 0.3) is 11.0 Å². The van der Waals surface area contributed by atoms with Crippen LogP contribution in [-0.4, -0.2) is 20.8 Å². The number of phenolic OH excluding ortho intramolecular Hbond substituents is 1. The third-order valence-electron chi connectivity index (χ3n) is 3.00. The Hall–Kier alpha value is -2.82. The Labute approximate surface area is 116 Å². The molecule has 5 nitrogen and oxygen atoms in total. The van der Waals surface area contributed by atoms with Crippen LogP contribution in [0.4, 0.5) is 5.95 Å². The molecule has 0 aliphatic carbocycles. The summed E-state index contributed by atoms with van der Waals surface area (Å²) >= 11 is 0. The van der Waals surface area contributed by atoms with E-state index in [4.69, 9.17) is 0 Å². The van der Waals surface area contributed by atoms with E-state index >= 15 is 0 Å². The molecule has 1 heterocycles. The number of anilines is 1. The third kappa shape index (κ3) is 2.47. The first-order valence-electron chi connectivity index (χ1n) is 6.27. The Morgan fingerprint density at radius 2 is 1.90 bits per heavy atom. The van der Waals surface area contributed by atoms with Crippen LogP contribution >= 0.6 is 0 Å². The van der Waals surface area contributed by atoms with E-state index < -0.39 is 0 Å². The predicted molar refractivity (Wildman–Crippen MR) is 80.0 cm³/mol. The largest absolute Gasteiger partial charge is 0.508 e. The average molecular weight is 266 g/mol. The zero-order chi connectivity index (χ0) is 13.9. The Balaban J connectivity index is 1.80. The van der Waals surface area contributed by atoms with Gasteiger partial charge < -0.3 is 10.1 Å². The number of aromatic nitrogens is 2. The Morgan fingerprint density at radius 1 is 1.15 bits per heavy atom. The summed E-state index contributed by atoms with van der Waals surface area (Å²) in [5.41, 5.74) is 6.51. The van der Waals surface area contributed by atoms with Gasteiger partial charge in [0.1, 0.15) is 5.75 Å². The smallest absolute Gasteiger partial charge is 0.222 e. The van der Waals surface area contributed by atoms with Gasteiger partial charge in [0, 0.05) is 0 Å². The number of hydrogen-bond donors (Lipinski definition) is 3. The second kappa shape index (κ2) is 5.05. The summed E-state index contributed by atoms with van der Waals surface area (Å²) in [6.07, 6.45) is 0. The van der Waals surface area contributed by atoms with Crippen LogP contribution in [0.15, 0.2) is 53.6 Å². The molecule has 0 saturated heterocycles. The van der Waals surface area contributed by atoms with E-state index in [1.807, 2.05) is 43.3 Å². The van der Waals surface area contributed by atoms with Crippen molar-refractivity contribution in [1.82, 2.24) is 9.97 Å². The second-order valence-electron chi connectivity index (χ2n) is 4.46. The van der Waals surface area contributed by atoms with Crippen molar-refractivity contribution in [2.45, 2.75) is 6.92 Å². The number of phenols is 1. The Kier molecular flexibility index (Phi) is 3.09. The maximum atomic E-state index is 9.26. The van der Waals surface area contributed by atoms with E-state index in [-0.39, 0.29) is 5.75 Å². The molecule has 0 saturated carbocycles. The number of rotatable bonds is 3. The number of aromatic amines is 1. The lowest BCUT2D eigenvalue weighted by Gasteiger charge is -2.01. The summed E-state index contributed by atoms with van der Waals surface area (Å²) in [6.45, 7) is 1.89. The van der Waals surface area contributed by atoms with E-state index in [1.54, 1.807) is 12.1 Å². The van der Waals surface area contributed by atoms with Gasteiger partial charge >= 0.3 is 0 Å². The van der Waals surface area contributed by atoms with Gasteiger partial charge in [0.2, 0.25) is 5.95 Å². The third-order valence-corrected chi connectivity index (χ3v) is 3.00. The fourth-order valence-corrected chi connectivity index (χ4v) is 1.91. The first-order chi connectivity index (χ1) is 9.72. The maximum absolute atomic E-state index is 9.26. The van der Waals surface area contributed by atoms with Crippen molar-refractivity contribution in [3.8, 4) is 5.75 Å². The quantitative estimate of drug-likeness (QED) is 0.503. The molecule has 0 fully saturated rings. The first kappa shape index (κ1) is 12.2. The van der Waals surface area contributed by atoms with Gasteiger partial charge in [-0.05, 0) is 48.9 Å². The molecule has 1 aromatic heterocycles. The molecule has 0 radical (unpaired) electrons. The molecule has 3 N–H and O–H groups in total. The van der Waals surface area contributed by atoms with Gasteiger partial charge in [0.15, 0.2) is 0 Å². The summed E-state index contributed by atoms with van der Waals surface area (Å²) in [7, 11) is 0. The number of fused-ring (bicyclic) bond motifs is 1. The predicted octanol–water partition coefficient (Wildman–Crippen LogP) is 3.10. The SMILES string of the molecule is C/C(=N/Nc1nc2ccccc2[nH]1)c1ccc(O)cc1. The molecule has 0 bridgehead atoms. The van der Waals surface area contributed by atoms with Crippen LogP contribution in [0.5, 0.6) is 5.75 Å². The van der Waals surface area contributed by atoms with Gasteiger partial charge in [-0.3, -0.25) is 0 Å². The normalized spacial score (nSPS) is 11.8. The molecule has 0 amide bonds. The zero-order valence-electron chi connectivity index (χ0n) is 11.0. The molecule has 0 aliphatic rings. The average Bonchev–Trinajstić information content (AvgIpc) is 2.88. The van der Waals surface area contributed by atoms with Gasteiger partial charge in [0.25, 0.3) is 0 Å².